The molecule has 1 aromatic rings. The Morgan fingerprint density at radius 1 is 1.35 bits per heavy atom. The molecule has 0 radical (unpaired) electrons. The van der Waals surface area contributed by atoms with Crippen LogP contribution in [0.2, 0.25) is 0 Å². The van der Waals surface area contributed by atoms with Gasteiger partial charge in [-0.3, -0.25) is 4.79 Å². The number of rotatable bonds is 7. The molecule has 0 aromatic heterocycles. The third-order valence-corrected chi connectivity index (χ3v) is 3.22. The van der Waals surface area contributed by atoms with E-state index in [2.05, 4.69) is 6.07 Å². The van der Waals surface area contributed by atoms with Crippen LogP contribution < -0.4 is 0 Å². The molecule has 0 saturated carbocycles. The van der Waals surface area contributed by atoms with Crippen molar-refractivity contribution in [1.82, 2.24) is 4.90 Å². The molecule has 0 saturated heterocycles. The van der Waals surface area contributed by atoms with Gasteiger partial charge in [0.2, 0.25) is 0 Å². The van der Waals surface area contributed by atoms with Crippen LogP contribution in [-0.4, -0.2) is 36.5 Å². The number of likely N-dealkylation sites (N-methyl/N-ethyl adjacent to an activating group) is 1. The minimum Gasteiger partial charge on any atom is -0.452 e. The van der Waals surface area contributed by atoms with Crippen molar-refractivity contribution in [2.45, 2.75) is 20.3 Å². The second-order valence-electron chi connectivity index (χ2n) is 5.07. The van der Waals surface area contributed by atoms with Gasteiger partial charge in [0.25, 0.3) is 5.91 Å². The van der Waals surface area contributed by atoms with Gasteiger partial charge in [-0.1, -0.05) is 12.1 Å². The second kappa shape index (κ2) is 9.22. The van der Waals surface area contributed by atoms with Gasteiger partial charge in [-0.05, 0) is 31.5 Å². The Morgan fingerprint density at radius 2 is 2.09 bits per heavy atom. The molecular formula is C17H19N3O3. The van der Waals surface area contributed by atoms with Crippen LogP contribution in [0.15, 0.2) is 24.3 Å². The number of carbonyl (C=O) groups excluding carboxylic acids is 2. The maximum absolute atomic E-state index is 12.0. The Morgan fingerprint density at radius 3 is 2.70 bits per heavy atom. The van der Waals surface area contributed by atoms with Crippen molar-refractivity contribution >= 4 is 11.9 Å². The van der Waals surface area contributed by atoms with Crippen LogP contribution in [0.3, 0.4) is 0 Å². The number of esters is 1. The van der Waals surface area contributed by atoms with E-state index in [0.717, 1.165) is 0 Å². The summed E-state index contributed by atoms with van der Waals surface area (Å²) < 4.78 is 5.03. The molecule has 0 heterocycles. The topological polar surface area (TPSA) is 94.2 Å². The normalized spacial score (nSPS) is 11.0. The fraction of sp³-hybridized carbons (Fsp3) is 0.412. The Hall–Kier alpha value is -2.86. The van der Waals surface area contributed by atoms with Gasteiger partial charge in [-0.25, -0.2) is 4.79 Å². The molecular weight excluding hydrogens is 294 g/mol. The zero-order valence-corrected chi connectivity index (χ0v) is 13.3. The molecule has 0 aliphatic carbocycles. The minimum atomic E-state index is -0.609. The summed E-state index contributed by atoms with van der Waals surface area (Å²) >= 11 is 0. The number of nitriles is 2. The fourth-order valence-electron chi connectivity index (χ4n) is 1.98. The molecule has 0 aliphatic rings. The number of hydrogen-bond donors (Lipinski definition) is 0. The average molecular weight is 313 g/mol. The van der Waals surface area contributed by atoms with Crippen molar-refractivity contribution in [3.8, 4) is 12.1 Å². The van der Waals surface area contributed by atoms with Crippen LogP contribution in [0.4, 0.5) is 0 Å². The number of benzene rings is 1. The molecule has 0 fully saturated rings. The maximum atomic E-state index is 12.0. The summed E-state index contributed by atoms with van der Waals surface area (Å²) in [5.74, 6) is -1.23. The van der Waals surface area contributed by atoms with Crippen molar-refractivity contribution in [1.29, 1.82) is 10.5 Å². The predicted molar refractivity (Wildman–Crippen MR) is 83.1 cm³/mol. The molecule has 0 aliphatic heterocycles. The monoisotopic (exact) mass is 313 g/mol. The highest BCUT2D eigenvalue weighted by Gasteiger charge is 2.17. The summed E-state index contributed by atoms with van der Waals surface area (Å²) in [6, 6.07) is 10.6. The van der Waals surface area contributed by atoms with Crippen LogP contribution in [0.25, 0.3) is 0 Å². The third-order valence-electron chi connectivity index (χ3n) is 3.22. The fourth-order valence-corrected chi connectivity index (χ4v) is 1.98. The second-order valence-corrected chi connectivity index (χ2v) is 5.07. The van der Waals surface area contributed by atoms with Gasteiger partial charge in [0.15, 0.2) is 6.61 Å². The van der Waals surface area contributed by atoms with E-state index >= 15 is 0 Å². The first-order valence-electron chi connectivity index (χ1n) is 7.32. The van der Waals surface area contributed by atoms with E-state index in [9.17, 15) is 9.59 Å². The zero-order chi connectivity index (χ0) is 17.2. The molecule has 23 heavy (non-hydrogen) atoms. The van der Waals surface area contributed by atoms with Gasteiger partial charge in [-0.2, -0.15) is 10.5 Å². The van der Waals surface area contributed by atoms with Gasteiger partial charge in [-0.15, -0.1) is 0 Å². The van der Waals surface area contributed by atoms with Gasteiger partial charge in [0.05, 0.1) is 30.0 Å². The molecule has 1 rings (SSSR count). The molecule has 0 unspecified atom stereocenters. The van der Waals surface area contributed by atoms with Crippen LogP contribution in [0, 0.1) is 28.6 Å². The molecule has 0 N–H and O–H groups in total. The smallest absolute Gasteiger partial charge is 0.338 e. The SMILES string of the molecule is CCN(C[C@@H](C)C#N)C(=O)COC(=O)c1cccc(CC#N)c1. The van der Waals surface area contributed by atoms with Crippen LogP contribution in [-0.2, 0) is 16.0 Å². The first kappa shape index (κ1) is 18.2. The highest BCUT2D eigenvalue weighted by molar-refractivity contribution is 5.91. The van der Waals surface area contributed by atoms with Crippen molar-refractivity contribution in [2.24, 2.45) is 5.92 Å². The third kappa shape index (κ3) is 5.80. The summed E-state index contributed by atoms with van der Waals surface area (Å²) in [6.07, 6.45) is 0.204. The van der Waals surface area contributed by atoms with Crippen molar-refractivity contribution < 1.29 is 14.3 Å². The van der Waals surface area contributed by atoms with Crippen molar-refractivity contribution in [3.05, 3.63) is 35.4 Å². The largest absolute Gasteiger partial charge is 0.452 e. The highest BCUT2D eigenvalue weighted by atomic mass is 16.5. The zero-order valence-electron chi connectivity index (χ0n) is 13.3. The predicted octanol–water partition coefficient (Wildman–Crippen LogP) is 1.92. The van der Waals surface area contributed by atoms with Crippen molar-refractivity contribution in [3.63, 3.8) is 0 Å². The number of ether oxygens (including phenoxy) is 1. The lowest BCUT2D eigenvalue weighted by Crippen LogP contribution is -2.37. The molecule has 0 bridgehead atoms. The first-order valence-corrected chi connectivity index (χ1v) is 7.32. The minimum absolute atomic E-state index is 0.204. The number of nitrogens with zero attached hydrogens (tertiary/aromatic N) is 3. The van der Waals surface area contributed by atoms with Crippen LogP contribution in [0.1, 0.15) is 29.8 Å². The Bertz CT molecular complexity index is 643. The summed E-state index contributed by atoms with van der Waals surface area (Å²) in [4.78, 5) is 25.5. The lowest BCUT2D eigenvalue weighted by Gasteiger charge is -2.21. The lowest BCUT2D eigenvalue weighted by atomic mass is 10.1. The van der Waals surface area contributed by atoms with Gasteiger partial charge < -0.3 is 9.64 Å². The quantitative estimate of drug-likeness (QED) is 0.717. The summed E-state index contributed by atoms with van der Waals surface area (Å²) in [5.41, 5.74) is 1.02. The highest BCUT2D eigenvalue weighted by Crippen LogP contribution is 2.08. The Kier molecular flexibility index (Phi) is 7.29. The van der Waals surface area contributed by atoms with Crippen molar-refractivity contribution in [2.75, 3.05) is 19.7 Å². The summed E-state index contributed by atoms with van der Waals surface area (Å²) in [7, 11) is 0. The van der Waals surface area contributed by atoms with E-state index in [4.69, 9.17) is 15.3 Å². The van der Waals surface area contributed by atoms with E-state index in [-0.39, 0.29) is 24.9 Å². The van der Waals surface area contributed by atoms with E-state index in [1.54, 1.807) is 38.1 Å². The van der Waals surface area contributed by atoms with E-state index in [1.165, 1.54) is 4.90 Å². The van der Waals surface area contributed by atoms with E-state index in [0.29, 0.717) is 24.2 Å². The van der Waals surface area contributed by atoms with E-state index in [1.807, 2.05) is 6.07 Å². The Labute approximate surface area is 135 Å². The summed E-state index contributed by atoms with van der Waals surface area (Å²) in [6.45, 7) is 3.91. The van der Waals surface area contributed by atoms with Gasteiger partial charge in [0.1, 0.15) is 0 Å². The molecule has 1 atom stereocenters. The molecule has 6 heteroatoms. The van der Waals surface area contributed by atoms with Gasteiger partial charge in [0, 0.05) is 13.1 Å². The average Bonchev–Trinajstić information content (AvgIpc) is 2.57. The molecule has 1 amide bonds. The van der Waals surface area contributed by atoms with E-state index < -0.39 is 5.97 Å². The van der Waals surface area contributed by atoms with Crippen LogP contribution in [0.5, 0.6) is 0 Å². The first-order chi connectivity index (χ1) is 11.0. The molecule has 1 aromatic carbocycles. The maximum Gasteiger partial charge on any atom is 0.338 e. The van der Waals surface area contributed by atoms with Crippen LogP contribution >= 0.6 is 0 Å². The number of amides is 1. The lowest BCUT2D eigenvalue weighted by molar-refractivity contribution is -0.134. The molecule has 0 spiro atoms. The number of hydrogen-bond acceptors (Lipinski definition) is 5. The Balaban J connectivity index is 2.61. The number of carbonyl (C=O) groups is 2. The summed E-state index contributed by atoms with van der Waals surface area (Å²) in [5, 5.41) is 17.5. The van der Waals surface area contributed by atoms with Gasteiger partial charge >= 0.3 is 5.97 Å². The standard InChI is InChI=1S/C17H19N3O3/c1-3-20(11-13(2)10-19)16(21)12-23-17(22)15-6-4-5-14(9-15)7-8-18/h4-6,9,13H,3,7,11-12H2,1-2H3/t13-/m0/s1. The molecule has 6 nitrogen and oxygen atoms in total. The molecule has 120 valence electrons.